The molecule has 3 rings (SSSR count). The van der Waals surface area contributed by atoms with Crippen LogP contribution in [0.1, 0.15) is 31.2 Å². The maximum Gasteiger partial charge on any atom is 0.225 e. The van der Waals surface area contributed by atoms with Gasteiger partial charge in [0.1, 0.15) is 0 Å². The molecule has 2 aliphatic heterocycles. The van der Waals surface area contributed by atoms with E-state index in [1.807, 2.05) is 19.3 Å². The van der Waals surface area contributed by atoms with Crippen molar-refractivity contribution in [3.05, 3.63) is 18.0 Å². The third kappa shape index (κ3) is 2.05. The maximum atomic E-state index is 11.4. The molecule has 1 N–H and O–H groups in total. The van der Waals surface area contributed by atoms with Crippen LogP contribution in [0.25, 0.3) is 0 Å². The van der Waals surface area contributed by atoms with Crippen LogP contribution in [0.3, 0.4) is 0 Å². The van der Waals surface area contributed by atoms with E-state index in [1.165, 1.54) is 0 Å². The zero-order valence-corrected chi connectivity index (χ0v) is 10.6. The van der Waals surface area contributed by atoms with E-state index in [0.717, 1.165) is 43.9 Å². The van der Waals surface area contributed by atoms with Gasteiger partial charge < -0.3 is 10.2 Å². The molecular formula is C13H18N4O. The molecular weight excluding hydrogens is 228 g/mol. The Labute approximate surface area is 107 Å². The van der Waals surface area contributed by atoms with Crippen molar-refractivity contribution in [2.75, 3.05) is 18.0 Å². The second kappa shape index (κ2) is 4.23. The van der Waals surface area contributed by atoms with Gasteiger partial charge in [0.15, 0.2) is 0 Å². The van der Waals surface area contributed by atoms with Crippen LogP contribution in [-0.4, -0.2) is 34.5 Å². The summed E-state index contributed by atoms with van der Waals surface area (Å²) in [6.45, 7) is 3.83. The second-order valence-corrected chi connectivity index (χ2v) is 5.38. The number of carbonyl (C=O) groups is 1. The number of rotatable bonds is 1. The fraction of sp³-hybridized carbons (Fsp3) is 0.615. The molecule has 1 aromatic rings. The van der Waals surface area contributed by atoms with Gasteiger partial charge in [-0.05, 0) is 31.7 Å². The third-order valence-corrected chi connectivity index (χ3v) is 4.01. The molecule has 1 amide bonds. The molecule has 1 spiro atoms. The summed E-state index contributed by atoms with van der Waals surface area (Å²) in [6, 6.07) is 0. The lowest BCUT2D eigenvalue weighted by atomic mass is 9.86. The summed E-state index contributed by atoms with van der Waals surface area (Å²) in [7, 11) is 0. The number of hydrogen-bond acceptors (Lipinski definition) is 4. The standard InChI is InChI=1S/C13H18N4O/c1-10-8-14-12(15-9-10)17-6-4-13(5-7-17)3-2-11(18)16-13/h8-9H,2-7H2,1H3,(H,16,18). The highest BCUT2D eigenvalue weighted by molar-refractivity contribution is 5.79. The lowest BCUT2D eigenvalue weighted by molar-refractivity contribution is -0.119. The molecule has 5 heteroatoms. The van der Waals surface area contributed by atoms with Crippen molar-refractivity contribution >= 4 is 11.9 Å². The Kier molecular flexibility index (Phi) is 2.69. The first-order valence-electron chi connectivity index (χ1n) is 6.52. The third-order valence-electron chi connectivity index (χ3n) is 4.01. The highest BCUT2D eigenvalue weighted by Gasteiger charge is 2.40. The van der Waals surface area contributed by atoms with E-state index >= 15 is 0 Å². The Morgan fingerprint density at radius 3 is 2.44 bits per heavy atom. The summed E-state index contributed by atoms with van der Waals surface area (Å²) in [4.78, 5) is 22.3. The Morgan fingerprint density at radius 2 is 1.89 bits per heavy atom. The molecule has 96 valence electrons. The number of nitrogens with one attached hydrogen (secondary N) is 1. The van der Waals surface area contributed by atoms with E-state index in [9.17, 15) is 4.79 Å². The molecule has 18 heavy (non-hydrogen) atoms. The number of anilines is 1. The molecule has 2 fully saturated rings. The minimum atomic E-state index is 0.0538. The van der Waals surface area contributed by atoms with E-state index in [4.69, 9.17) is 0 Å². The van der Waals surface area contributed by atoms with Gasteiger partial charge in [0.2, 0.25) is 11.9 Å². The van der Waals surface area contributed by atoms with Gasteiger partial charge >= 0.3 is 0 Å². The van der Waals surface area contributed by atoms with Crippen molar-refractivity contribution in [2.45, 2.75) is 38.1 Å². The Bertz CT molecular complexity index is 449. The predicted molar refractivity (Wildman–Crippen MR) is 68.3 cm³/mol. The monoisotopic (exact) mass is 246 g/mol. The average molecular weight is 246 g/mol. The molecule has 0 saturated carbocycles. The fourth-order valence-corrected chi connectivity index (χ4v) is 2.83. The van der Waals surface area contributed by atoms with Gasteiger partial charge in [-0.3, -0.25) is 4.79 Å². The number of nitrogens with zero attached hydrogens (tertiary/aromatic N) is 3. The number of amides is 1. The summed E-state index contributed by atoms with van der Waals surface area (Å²) in [5, 5.41) is 3.14. The van der Waals surface area contributed by atoms with Crippen LogP contribution in [0.2, 0.25) is 0 Å². The smallest absolute Gasteiger partial charge is 0.225 e. The molecule has 2 aliphatic rings. The molecule has 0 aromatic carbocycles. The van der Waals surface area contributed by atoms with Gasteiger partial charge in [-0.25, -0.2) is 9.97 Å². The summed E-state index contributed by atoms with van der Waals surface area (Å²) in [5.41, 5.74) is 1.13. The Hall–Kier alpha value is -1.65. The lowest BCUT2D eigenvalue weighted by Crippen LogP contribution is -2.51. The quantitative estimate of drug-likeness (QED) is 0.804. The van der Waals surface area contributed by atoms with Crippen LogP contribution >= 0.6 is 0 Å². The summed E-state index contributed by atoms with van der Waals surface area (Å²) < 4.78 is 0. The SMILES string of the molecule is Cc1cnc(N2CCC3(CCC(=O)N3)CC2)nc1. The number of aromatic nitrogens is 2. The number of carbonyl (C=O) groups excluding carboxylic acids is 1. The average Bonchev–Trinajstić information content (AvgIpc) is 2.73. The Balaban J connectivity index is 1.66. The number of aryl methyl sites for hydroxylation is 1. The van der Waals surface area contributed by atoms with Gasteiger partial charge in [-0.15, -0.1) is 0 Å². The van der Waals surface area contributed by atoms with Crippen LogP contribution in [0.15, 0.2) is 12.4 Å². The van der Waals surface area contributed by atoms with E-state index in [1.54, 1.807) is 0 Å². The van der Waals surface area contributed by atoms with Gasteiger partial charge in [0, 0.05) is 37.4 Å². The molecule has 0 bridgehead atoms. The highest BCUT2D eigenvalue weighted by atomic mass is 16.2. The van der Waals surface area contributed by atoms with Gasteiger partial charge in [0.05, 0.1) is 0 Å². The molecule has 0 atom stereocenters. The second-order valence-electron chi connectivity index (χ2n) is 5.38. The molecule has 2 saturated heterocycles. The van der Waals surface area contributed by atoms with Crippen LogP contribution in [0.5, 0.6) is 0 Å². The topological polar surface area (TPSA) is 58.1 Å². The van der Waals surface area contributed by atoms with Gasteiger partial charge in [-0.1, -0.05) is 0 Å². The highest BCUT2D eigenvalue weighted by Crippen LogP contribution is 2.32. The van der Waals surface area contributed by atoms with Gasteiger partial charge in [-0.2, -0.15) is 0 Å². The molecule has 0 unspecified atom stereocenters. The summed E-state index contributed by atoms with van der Waals surface area (Å²) in [6.07, 6.45) is 7.36. The summed E-state index contributed by atoms with van der Waals surface area (Å²) in [5.74, 6) is 1.01. The van der Waals surface area contributed by atoms with Crippen molar-refractivity contribution in [1.82, 2.24) is 15.3 Å². The minimum Gasteiger partial charge on any atom is -0.351 e. The minimum absolute atomic E-state index is 0.0538. The lowest BCUT2D eigenvalue weighted by Gasteiger charge is -2.39. The maximum absolute atomic E-state index is 11.4. The fourth-order valence-electron chi connectivity index (χ4n) is 2.83. The van der Waals surface area contributed by atoms with Crippen molar-refractivity contribution in [1.29, 1.82) is 0 Å². The van der Waals surface area contributed by atoms with Crippen molar-refractivity contribution in [3.8, 4) is 0 Å². The molecule has 5 nitrogen and oxygen atoms in total. The van der Waals surface area contributed by atoms with Crippen molar-refractivity contribution in [2.24, 2.45) is 0 Å². The first kappa shape index (κ1) is 11.4. The Morgan fingerprint density at radius 1 is 1.22 bits per heavy atom. The van der Waals surface area contributed by atoms with E-state index in [0.29, 0.717) is 6.42 Å². The first-order valence-corrected chi connectivity index (χ1v) is 6.52. The molecule has 3 heterocycles. The normalized spacial score (nSPS) is 22.3. The predicted octanol–water partition coefficient (Wildman–Crippen LogP) is 1.03. The molecule has 0 aliphatic carbocycles. The van der Waals surface area contributed by atoms with Crippen LogP contribution in [0.4, 0.5) is 5.95 Å². The van der Waals surface area contributed by atoms with Crippen molar-refractivity contribution < 1.29 is 4.79 Å². The van der Waals surface area contributed by atoms with E-state index in [2.05, 4.69) is 20.2 Å². The van der Waals surface area contributed by atoms with E-state index in [-0.39, 0.29) is 11.4 Å². The van der Waals surface area contributed by atoms with Crippen LogP contribution in [-0.2, 0) is 4.79 Å². The van der Waals surface area contributed by atoms with Gasteiger partial charge in [0.25, 0.3) is 0 Å². The van der Waals surface area contributed by atoms with Crippen molar-refractivity contribution in [3.63, 3.8) is 0 Å². The first-order chi connectivity index (χ1) is 8.67. The molecule has 1 aromatic heterocycles. The zero-order chi connectivity index (χ0) is 12.6. The zero-order valence-electron chi connectivity index (χ0n) is 10.6. The number of hydrogen-bond donors (Lipinski definition) is 1. The largest absolute Gasteiger partial charge is 0.351 e. The summed E-state index contributed by atoms with van der Waals surface area (Å²) >= 11 is 0. The van der Waals surface area contributed by atoms with Crippen LogP contribution in [0, 0.1) is 6.92 Å². The van der Waals surface area contributed by atoms with E-state index < -0.39 is 0 Å². The number of piperidine rings is 1. The van der Waals surface area contributed by atoms with Crippen LogP contribution < -0.4 is 10.2 Å². The molecule has 0 radical (unpaired) electrons.